The second-order valence-electron chi connectivity index (χ2n) is 2.58. The van der Waals surface area contributed by atoms with Gasteiger partial charge in [0.2, 0.25) is 5.91 Å². The van der Waals surface area contributed by atoms with Crippen LogP contribution in [-0.4, -0.2) is 17.8 Å². The van der Waals surface area contributed by atoms with Gasteiger partial charge in [-0.15, -0.1) is 11.6 Å². The Kier molecular flexibility index (Phi) is 6.33. The summed E-state index contributed by atoms with van der Waals surface area (Å²) in [6, 6.07) is 0.149. The van der Waals surface area contributed by atoms with Crippen LogP contribution in [0, 0.1) is 0 Å². The molecule has 2 nitrogen and oxygen atoms in total. The fourth-order valence-corrected chi connectivity index (χ4v) is 1.07. The number of alkyl halides is 1. The minimum absolute atomic E-state index is 0.111. The van der Waals surface area contributed by atoms with Crippen LogP contribution in [-0.2, 0) is 4.79 Å². The van der Waals surface area contributed by atoms with Gasteiger partial charge in [0.1, 0.15) is 0 Å². The predicted octanol–water partition coefficient (Wildman–Crippen LogP) is 1.92. The summed E-state index contributed by atoms with van der Waals surface area (Å²) < 4.78 is 0. The SMILES string of the molecule is CCCC(=O)NC(CC)CCl. The first-order chi connectivity index (χ1) is 5.24. The van der Waals surface area contributed by atoms with Crippen molar-refractivity contribution in [1.29, 1.82) is 0 Å². The van der Waals surface area contributed by atoms with Crippen molar-refractivity contribution < 1.29 is 4.79 Å². The van der Waals surface area contributed by atoms with Gasteiger partial charge in [0, 0.05) is 18.3 Å². The number of carbonyl (C=O) groups is 1. The van der Waals surface area contributed by atoms with Crippen LogP contribution in [0.3, 0.4) is 0 Å². The smallest absolute Gasteiger partial charge is 0.220 e. The monoisotopic (exact) mass is 177 g/mol. The molecule has 0 fully saturated rings. The molecule has 11 heavy (non-hydrogen) atoms. The van der Waals surface area contributed by atoms with E-state index in [0.29, 0.717) is 12.3 Å². The number of amides is 1. The van der Waals surface area contributed by atoms with E-state index in [1.54, 1.807) is 0 Å². The molecule has 1 N–H and O–H groups in total. The molecule has 0 aromatic rings. The van der Waals surface area contributed by atoms with Crippen LogP contribution in [0.15, 0.2) is 0 Å². The summed E-state index contributed by atoms with van der Waals surface area (Å²) >= 11 is 5.60. The maximum Gasteiger partial charge on any atom is 0.220 e. The van der Waals surface area contributed by atoms with Gasteiger partial charge in [0.15, 0.2) is 0 Å². The Labute approximate surface area is 73.3 Å². The molecule has 1 amide bonds. The van der Waals surface area contributed by atoms with E-state index in [4.69, 9.17) is 11.6 Å². The highest BCUT2D eigenvalue weighted by molar-refractivity contribution is 6.18. The first-order valence-electron chi connectivity index (χ1n) is 4.09. The number of carbonyl (C=O) groups excluding carboxylic acids is 1. The summed E-state index contributed by atoms with van der Waals surface area (Å²) in [5, 5.41) is 2.85. The van der Waals surface area contributed by atoms with Crippen LogP contribution in [0.4, 0.5) is 0 Å². The zero-order chi connectivity index (χ0) is 8.69. The van der Waals surface area contributed by atoms with Crippen molar-refractivity contribution in [3.05, 3.63) is 0 Å². The van der Waals surface area contributed by atoms with Gasteiger partial charge in [-0.2, -0.15) is 0 Å². The highest BCUT2D eigenvalue weighted by Gasteiger charge is 2.06. The molecular weight excluding hydrogens is 162 g/mol. The van der Waals surface area contributed by atoms with E-state index in [0.717, 1.165) is 12.8 Å². The summed E-state index contributed by atoms with van der Waals surface area (Å²) in [7, 11) is 0. The molecule has 0 radical (unpaired) electrons. The van der Waals surface area contributed by atoms with Crippen LogP contribution in [0.5, 0.6) is 0 Å². The maximum atomic E-state index is 11.0. The van der Waals surface area contributed by atoms with Crippen LogP contribution < -0.4 is 5.32 Å². The average Bonchev–Trinajstić information content (AvgIpc) is 2.01. The molecule has 0 spiro atoms. The third kappa shape index (κ3) is 5.08. The van der Waals surface area contributed by atoms with Crippen LogP contribution in [0.2, 0.25) is 0 Å². The molecule has 1 atom stereocenters. The van der Waals surface area contributed by atoms with E-state index in [1.165, 1.54) is 0 Å². The third-order valence-corrected chi connectivity index (χ3v) is 1.89. The Hall–Kier alpha value is -0.240. The van der Waals surface area contributed by atoms with E-state index in [2.05, 4.69) is 5.32 Å². The van der Waals surface area contributed by atoms with Crippen LogP contribution in [0.1, 0.15) is 33.1 Å². The Balaban J connectivity index is 3.54. The molecule has 3 heteroatoms. The quantitative estimate of drug-likeness (QED) is 0.639. The van der Waals surface area contributed by atoms with Crippen LogP contribution >= 0.6 is 11.6 Å². The minimum atomic E-state index is 0.111. The highest BCUT2D eigenvalue weighted by Crippen LogP contribution is 1.95. The maximum absolute atomic E-state index is 11.0. The fraction of sp³-hybridized carbons (Fsp3) is 0.875. The molecular formula is C8H16ClNO. The summed E-state index contributed by atoms with van der Waals surface area (Å²) in [5.74, 6) is 0.617. The summed E-state index contributed by atoms with van der Waals surface area (Å²) in [6.07, 6.45) is 2.40. The number of hydrogen-bond donors (Lipinski definition) is 1. The molecule has 0 aliphatic rings. The fourth-order valence-electron chi connectivity index (χ4n) is 0.777. The zero-order valence-corrected chi connectivity index (χ0v) is 7.95. The molecule has 1 unspecified atom stereocenters. The summed E-state index contributed by atoms with van der Waals surface area (Å²) in [6.45, 7) is 4.00. The molecule has 0 bridgehead atoms. The first kappa shape index (κ1) is 10.8. The molecule has 0 aromatic heterocycles. The molecule has 0 aromatic carbocycles. The summed E-state index contributed by atoms with van der Waals surface area (Å²) in [4.78, 5) is 11.0. The van der Waals surface area contributed by atoms with Gasteiger partial charge >= 0.3 is 0 Å². The van der Waals surface area contributed by atoms with E-state index in [-0.39, 0.29) is 11.9 Å². The second kappa shape index (κ2) is 6.47. The number of hydrogen-bond acceptors (Lipinski definition) is 1. The molecule has 0 heterocycles. The second-order valence-corrected chi connectivity index (χ2v) is 2.89. The predicted molar refractivity (Wildman–Crippen MR) is 47.8 cm³/mol. The van der Waals surface area contributed by atoms with Gasteiger partial charge in [-0.1, -0.05) is 13.8 Å². The molecule has 66 valence electrons. The van der Waals surface area contributed by atoms with E-state index >= 15 is 0 Å². The number of nitrogens with one attached hydrogen (secondary N) is 1. The lowest BCUT2D eigenvalue weighted by atomic mass is 10.2. The normalized spacial score (nSPS) is 12.6. The van der Waals surface area contributed by atoms with E-state index < -0.39 is 0 Å². The van der Waals surface area contributed by atoms with Crippen molar-refractivity contribution in [3.8, 4) is 0 Å². The topological polar surface area (TPSA) is 29.1 Å². The molecule has 0 aliphatic carbocycles. The van der Waals surface area contributed by atoms with Crippen LogP contribution in [0.25, 0.3) is 0 Å². The Morgan fingerprint density at radius 1 is 1.55 bits per heavy atom. The largest absolute Gasteiger partial charge is 0.352 e. The Bertz CT molecular complexity index is 113. The third-order valence-electron chi connectivity index (χ3n) is 1.52. The lowest BCUT2D eigenvalue weighted by molar-refractivity contribution is -0.121. The molecule has 0 saturated carbocycles. The Morgan fingerprint density at radius 3 is 2.55 bits per heavy atom. The van der Waals surface area contributed by atoms with Crippen molar-refractivity contribution in [2.45, 2.75) is 39.2 Å². The zero-order valence-electron chi connectivity index (χ0n) is 7.19. The van der Waals surface area contributed by atoms with E-state index in [9.17, 15) is 4.79 Å². The minimum Gasteiger partial charge on any atom is -0.352 e. The van der Waals surface area contributed by atoms with Crippen molar-refractivity contribution in [2.75, 3.05) is 5.88 Å². The van der Waals surface area contributed by atoms with Crippen molar-refractivity contribution in [1.82, 2.24) is 5.32 Å². The number of rotatable bonds is 5. The van der Waals surface area contributed by atoms with Crippen molar-refractivity contribution in [3.63, 3.8) is 0 Å². The molecule has 0 aliphatic heterocycles. The van der Waals surface area contributed by atoms with Gasteiger partial charge in [0.05, 0.1) is 0 Å². The Morgan fingerprint density at radius 2 is 2.18 bits per heavy atom. The van der Waals surface area contributed by atoms with Crippen molar-refractivity contribution >= 4 is 17.5 Å². The van der Waals surface area contributed by atoms with Gasteiger partial charge in [0.25, 0.3) is 0 Å². The van der Waals surface area contributed by atoms with E-state index in [1.807, 2.05) is 13.8 Å². The average molecular weight is 178 g/mol. The van der Waals surface area contributed by atoms with Crippen molar-refractivity contribution in [2.24, 2.45) is 0 Å². The van der Waals surface area contributed by atoms with Gasteiger partial charge in [-0.05, 0) is 12.8 Å². The molecule has 0 saturated heterocycles. The highest BCUT2D eigenvalue weighted by atomic mass is 35.5. The summed E-state index contributed by atoms with van der Waals surface area (Å²) in [5.41, 5.74) is 0. The molecule has 0 rings (SSSR count). The van der Waals surface area contributed by atoms with Gasteiger partial charge < -0.3 is 5.32 Å². The lowest BCUT2D eigenvalue weighted by Crippen LogP contribution is -2.35. The lowest BCUT2D eigenvalue weighted by Gasteiger charge is -2.12. The first-order valence-corrected chi connectivity index (χ1v) is 4.63. The van der Waals surface area contributed by atoms with Gasteiger partial charge in [-0.3, -0.25) is 4.79 Å². The van der Waals surface area contributed by atoms with Gasteiger partial charge in [-0.25, -0.2) is 0 Å². The standard InChI is InChI=1S/C8H16ClNO/c1-3-5-8(11)10-7(4-2)6-9/h7H,3-6H2,1-2H3,(H,10,11). The number of halogens is 1.